The highest BCUT2D eigenvalue weighted by Crippen LogP contribution is 2.39. The molecule has 0 aliphatic heterocycles. The van der Waals surface area contributed by atoms with E-state index in [0.29, 0.717) is 5.92 Å². The lowest BCUT2D eigenvalue weighted by Crippen LogP contribution is -2.47. The first-order chi connectivity index (χ1) is 9.71. The van der Waals surface area contributed by atoms with E-state index in [4.69, 9.17) is 0 Å². The van der Waals surface area contributed by atoms with Gasteiger partial charge in [0, 0.05) is 24.5 Å². The molecule has 0 saturated heterocycles. The van der Waals surface area contributed by atoms with E-state index in [0.717, 1.165) is 12.2 Å². The molecular weight excluding hydrogens is 250 g/mol. The van der Waals surface area contributed by atoms with Gasteiger partial charge in [-0.2, -0.15) is 5.10 Å². The number of hydrogen-bond donors (Lipinski definition) is 2. The quantitative estimate of drug-likeness (QED) is 0.846. The van der Waals surface area contributed by atoms with Crippen LogP contribution in [0.15, 0.2) is 42.7 Å². The normalized spacial score (nSPS) is 17.9. The second kappa shape index (κ2) is 5.38. The van der Waals surface area contributed by atoms with Gasteiger partial charge in [-0.25, -0.2) is 4.68 Å². The van der Waals surface area contributed by atoms with E-state index >= 15 is 0 Å². The zero-order chi connectivity index (χ0) is 14.0. The van der Waals surface area contributed by atoms with Crippen LogP contribution in [0.2, 0.25) is 0 Å². The number of rotatable bonds is 6. The fourth-order valence-electron chi connectivity index (χ4n) is 2.54. The summed E-state index contributed by atoms with van der Waals surface area (Å²) in [4.78, 5) is 0. The Morgan fingerprint density at radius 1 is 1.35 bits per heavy atom. The maximum atomic E-state index is 9.57. The van der Waals surface area contributed by atoms with Crippen molar-refractivity contribution >= 4 is 0 Å². The zero-order valence-corrected chi connectivity index (χ0v) is 11.8. The third-order valence-corrected chi connectivity index (χ3v) is 4.21. The molecule has 1 unspecified atom stereocenters. The summed E-state index contributed by atoms with van der Waals surface area (Å²) >= 11 is 0. The maximum absolute atomic E-state index is 9.57. The molecule has 1 aliphatic rings. The molecule has 0 bridgehead atoms. The first-order valence-corrected chi connectivity index (χ1v) is 7.16. The lowest BCUT2D eigenvalue weighted by Gasteiger charge is -2.29. The van der Waals surface area contributed by atoms with Crippen molar-refractivity contribution < 1.29 is 5.11 Å². The van der Waals surface area contributed by atoms with E-state index in [1.165, 1.54) is 18.4 Å². The summed E-state index contributed by atoms with van der Waals surface area (Å²) in [5.41, 5.74) is 2.15. The number of nitrogens with one attached hydrogen (secondary N) is 1. The molecule has 4 nitrogen and oxygen atoms in total. The van der Waals surface area contributed by atoms with Gasteiger partial charge in [-0.1, -0.05) is 12.1 Å². The number of nitrogens with zero attached hydrogens (tertiary/aromatic N) is 2. The highest BCUT2D eigenvalue weighted by Gasteiger charge is 2.40. The van der Waals surface area contributed by atoms with Crippen molar-refractivity contribution in [3.8, 4) is 5.69 Å². The standard InChI is InChI=1S/C16H21N3O/c1-16(12-20,14-5-6-14)17-11-13-3-7-15(8-4-13)19-10-2-9-18-19/h2-4,7-10,14,17,20H,5-6,11-12H2,1H3. The Morgan fingerprint density at radius 2 is 2.10 bits per heavy atom. The summed E-state index contributed by atoms with van der Waals surface area (Å²) < 4.78 is 1.85. The minimum atomic E-state index is -0.138. The average Bonchev–Trinajstić information content (AvgIpc) is 3.21. The van der Waals surface area contributed by atoms with Crippen molar-refractivity contribution in [2.45, 2.75) is 31.8 Å². The molecule has 1 aromatic carbocycles. The molecule has 4 heteroatoms. The Labute approximate surface area is 119 Å². The van der Waals surface area contributed by atoms with Crippen LogP contribution in [0.4, 0.5) is 0 Å². The van der Waals surface area contributed by atoms with Gasteiger partial charge >= 0.3 is 0 Å². The first kappa shape index (κ1) is 13.3. The third kappa shape index (κ3) is 2.76. The molecule has 1 saturated carbocycles. The van der Waals surface area contributed by atoms with Crippen LogP contribution in [-0.4, -0.2) is 27.0 Å². The minimum absolute atomic E-state index is 0.138. The van der Waals surface area contributed by atoms with Crippen molar-refractivity contribution in [2.75, 3.05) is 6.61 Å². The number of benzene rings is 1. The SMILES string of the molecule is CC(CO)(NCc1ccc(-n2cccn2)cc1)C1CC1. The van der Waals surface area contributed by atoms with E-state index in [-0.39, 0.29) is 12.1 Å². The fraction of sp³-hybridized carbons (Fsp3) is 0.438. The Morgan fingerprint density at radius 3 is 2.65 bits per heavy atom. The molecule has 1 fully saturated rings. The number of aliphatic hydroxyl groups excluding tert-OH is 1. The predicted octanol–water partition coefficient (Wildman–Crippen LogP) is 2.12. The summed E-state index contributed by atoms with van der Waals surface area (Å²) in [7, 11) is 0. The molecule has 0 radical (unpaired) electrons. The van der Waals surface area contributed by atoms with Crippen molar-refractivity contribution in [1.29, 1.82) is 0 Å². The highest BCUT2D eigenvalue weighted by molar-refractivity contribution is 5.33. The van der Waals surface area contributed by atoms with Gasteiger partial charge in [0.15, 0.2) is 0 Å². The topological polar surface area (TPSA) is 50.1 Å². The zero-order valence-electron chi connectivity index (χ0n) is 11.8. The van der Waals surface area contributed by atoms with Crippen molar-refractivity contribution in [1.82, 2.24) is 15.1 Å². The highest BCUT2D eigenvalue weighted by atomic mass is 16.3. The first-order valence-electron chi connectivity index (χ1n) is 7.16. The molecule has 3 rings (SSSR count). The third-order valence-electron chi connectivity index (χ3n) is 4.21. The number of aromatic nitrogens is 2. The molecule has 2 N–H and O–H groups in total. The summed E-state index contributed by atoms with van der Waals surface area (Å²) in [6.07, 6.45) is 6.16. The second-order valence-corrected chi connectivity index (χ2v) is 5.82. The monoisotopic (exact) mass is 271 g/mol. The minimum Gasteiger partial charge on any atom is -0.394 e. The van der Waals surface area contributed by atoms with Crippen LogP contribution in [-0.2, 0) is 6.54 Å². The van der Waals surface area contributed by atoms with Crippen LogP contribution in [0.1, 0.15) is 25.3 Å². The van der Waals surface area contributed by atoms with Gasteiger partial charge in [0.25, 0.3) is 0 Å². The molecule has 0 amide bonds. The average molecular weight is 271 g/mol. The van der Waals surface area contributed by atoms with Gasteiger partial charge in [0.05, 0.1) is 12.3 Å². The molecule has 20 heavy (non-hydrogen) atoms. The fourth-order valence-corrected chi connectivity index (χ4v) is 2.54. The molecule has 2 aromatic rings. The van der Waals surface area contributed by atoms with Crippen LogP contribution in [0.5, 0.6) is 0 Å². The van der Waals surface area contributed by atoms with Gasteiger partial charge < -0.3 is 10.4 Å². The largest absolute Gasteiger partial charge is 0.394 e. The molecule has 1 heterocycles. The van der Waals surface area contributed by atoms with Gasteiger partial charge in [-0.15, -0.1) is 0 Å². The Balaban J connectivity index is 1.63. The van der Waals surface area contributed by atoms with E-state index in [2.05, 4.69) is 41.6 Å². The van der Waals surface area contributed by atoms with Crippen LogP contribution in [0, 0.1) is 5.92 Å². The second-order valence-electron chi connectivity index (χ2n) is 5.82. The molecular formula is C16H21N3O. The van der Waals surface area contributed by atoms with Gasteiger partial charge in [-0.3, -0.25) is 0 Å². The van der Waals surface area contributed by atoms with Gasteiger partial charge in [0.2, 0.25) is 0 Å². The molecule has 1 aromatic heterocycles. The smallest absolute Gasteiger partial charge is 0.0645 e. The predicted molar refractivity (Wildman–Crippen MR) is 78.6 cm³/mol. The molecule has 0 spiro atoms. The summed E-state index contributed by atoms with van der Waals surface area (Å²) in [6, 6.07) is 10.3. The van der Waals surface area contributed by atoms with E-state index < -0.39 is 0 Å². The van der Waals surface area contributed by atoms with Crippen molar-refractivity contribution in [3.05, 3.63) is 48.3 Å². The van der Waals surface area contributed by atoms with Gasteiger partial charge in [0.1, 0.15) is 0 Å². The van der Waals surface area contributed by atoms with Crippen LogP contribution < -0.4 is 5.32 Å². The lowest BCUT2D eigenvalue weighted by molar-refractivity contribution is 0.153. The Hall–Kier alpha value is -1.65. The number of aliphatic hydroxyl groups is 1. The van der Waals surface area contributed by atoms with Gasteiger partial charge in [-0.05, 0) is 49.4 Å². The summed E-state index contributed by atoms with van der Waals surface area (Å²) in [6.45, 7) is 3.10. The van der Waals surface area contributed by atoms with Crippen LogP contribution in [0.3, 0.4) is 0 Å². The Bertz CT molecular complexity index is 546. The van der Waals surface area contributed by atoms with Crippen molar-refractivity contribution in [2.24, 2.45) is 5.92 Å². The number of hydrogen-bond acceptors (Lipinski definition) is 3. The molecule has 1 aliphatic carbocycles. The molecule has 106 valence electrons. The van der Waals surface area contributed by atoms with E-state index in [1.807, 2.05) is 16.9 Å². The lowest BCUT2D eigenvalue weighted by atomic mass is 9.96. The molecule has 1 atom stereocenters. The Kier molecular flexibility index (Phi) is 3.59. The van der Waals surface area contributed by atoms with Crippen LogP contribution in [0.25, 0.3) is 5.69 Å². The van der Waals surface area contributed by atoms with Crippen molar-refractivity contribution in [3.63, 3.8) is 0 Å². The van der Waals surface area contributed by atoms with Crippen LogP contribution >= 0.6 is 0 Å². The van der Waals surface area contributed by atoms with E-state index in [1.54, 1.807) is 6.20 Å². The summed E-state index contributed by atoms with van der Waals surface area (Å²) in [5, 5.41) is 17.3. The summed E-state index contributed by atoms with van der Waals surface area (Å²) in [5.74, 6) is 0.621. The maximum Gasteiger partial charge on any atom is 0.0645 e. The van der Waals surface area contributed by atoms with E-state index in [9.17, 15) is 5.11 Å².